The van der Waals surface area contributed by atoms with Crippen molar-refractivity contribution in [1.82, 2.24) is 14.8 Å². The Kier molecular flexibility index (Phi) is 6.56. The fraction of sp³-hybridized carbons (Fsp3) is 0.158. The van der Waals surface area contributed by atoms with Crippen LogP contribution in [0.4, 0.5) is 10.5 Å². The molecule has 10 nitrogen and oxygen atoms in total. The number of nitro benzene ring substituents is 1. The molecule has 1 fully saturated rings. The highest BCUT2D eigenvalue weighted by molar-refractivity contribution is 8.18. The van der Waals surface area contributed by atoms with Gasteiger partial charge in [0.2, 0.25) is 0 Å². The number of rotatable bonds is 6. The van der Waals surface area contributed by atoms with Crippen molar-refractivity contribution >= 4 is 52.2 Å². The lowest BCUT2D eigenvalue weighted by molar-refractivity contribution is -0.384. The summed E-state index contributed by atoms with van der Waals surface area (Å²) in [5.74, 6) is -1.08. The number of nitrogens with zero attached hydrogens (tertiary/aromatic N) is 3. The first-order valence-corrected chi connectivity index (χ1v) is 10.0. The molecule has 12 heteroatoms. The van der Waals surface area contributed by atoms with Crippen molar-refractivity contribution in [3.63, 3.8) is 0 Å². The maximum absolute atomic E-state index is 12.5. The summed E-state index contributed by atoms with van der Waals surface area (Å²) in [7, 11) is 1.56. The summed E-state index contributed by atoms with van der Waals surface area (Å²) >= 11 is 6.47. The molecule has 0 aliphatic carbocycles. The molecule has 1 aromatic carbocycles. The zero-order chi connectivity index (χ0) is 22.7. The first kappa shape index (κ1) is 22.2. The van der Waals surface area contributed by atoms with E-state index in [1.54, 1.807) is 7.05 Å². The van der Waals surface area contributed by atoms with Gasteiger partial charge in [0.05, 0.1) is 9.83 Å². The summed E-state index contributed by atoms with van der Waals surface area (Å²) in [6, 6.07) is 6.70. The van der Waals surface area contributed by atoms with Gasteiger partial charge in [-0.2, -0.15) is 0 Å². The van der Waals surface area contributed by atoms with Crippen molar-refractivity contribution in [1.29, 1.82) is 0 Å². The fourth-order valence-electron chi connectivity index (χ4n) is 2.68. The second kappa shape index (κ2) is 9.14. The monoisotopic (exact) mass is 462 g/mol. The summed E-state index contributed by atoms with van der Waals surface area (Å²) < 4.78 is 1.32. The lowest BCUT2D eigenvalue weighted by atomic mass is 10.2. The van der Waals surface area contributed by atoms with Crippen LogP contribution < -0.4 is 10.9 Å². The minimum Gasteiger partial charge on any atom is -0.350 e. The van der Waals surface area contributed by atoms with Gasteiger partial charge < -0.3 is 9.88 Å². The molecule has 0 saturated carbocycles. The molecule has 1 saturated heterocycles. The van der Waals surface area contributed by atoms with Gasteiger partial charge in [-0.05, 0) is 35.5 Å². The average molecular weight is 463 g/mol. The van der Waals surface area contributed by atoms with Crippen molar-refractivity contribution in [2.75, 3.05) is 13.1 Å². The largest absolute Gasteiger partial charge is 0.350 e. The van der Waals surface area contributed by atoms with Crippen LogP contribution >= 0.6 is 23.4 Å². The van der Waals surface area contributed by atoms with Crippen LogP contribution in [-0.2, 0) is 11.8 Å². The van der Waals surface area contributed by atoms with Gasteiger partial charge in [0.1, 0.15) is 5.02 Å². The Morgan fingerprint density at radius 2 is 2.00 bits per heavy atom. The number of hydrogen-bond acceptors (Lipinski definition) is 7. The number of amides is 3. The van der Waals surface area contributed by atoms with Crippen molar-refractivity contribution in [2.45, 2.75) is 0 Å². The predicted molar refractivity (Wildman–Crippen MR) is 115 cm³/mol. The van der Waals surface area contributed by atoms with Crippen LogP contribution in [0.5, 0.6) is 0 Å². The molecular weight excluding hydrogens is 448 g/mol. The molecule has 2 heterocycles. The van der Waals surface area contributed by atoms with Crippen LogP contribution in [0.1, 0.15) is 15.9 Å². The van der Waals surface area contributed by atoms with Gasteiger partial charge in [-0.1, -0.05) is 17.7 Å². The summed E-state index contributed by atoms with van der Waals surface area (Å²) in [5.41, 5.74) is -0.138. The Bertz CT molecular complexity index is 1190. The summed E-state index contributed by atoms with van der Waals surface area (Å²) in [5, 5.41) is 13.0. The number of nitro groups is 1. The maximum atomic E-state index is 12.5. The number of imide groups is 1. The molecule has 3 amide bonds. The molecule has 2 aromatic rings. The lowest BCUT2D eigenvalue weighted by Crippen LogP contribution is -2.37. The third kappa shape index (κ3) is 5.01. The zero-order valence-corrected chi connectivity index (χ0v) is 17.6. The van der Waals surface area contributed by atoms with Gasteiger partial charge in [0.25, 0.3) is 28.3 Å². The van der Waals surface area contributed by atoms with E-state index in [1.807, 2.05) is 0 Å². The highest BCUT2D eigenvalue weighted by atomic mass is 35.5. The number of nitrogens with one attached hydrogen (secondary N) is 1. The lowest BCUT2D eigenvalue weighted by Gasteiger charge is -2.13. The minimum absolute atomic E-state index is 0.00815. The number of benzene rings is 1. The molecule has 1 aliphatic heterocycles. The van der Waals surface area contributed by atoms with Crippen molar-refractivity contribution < 1.29 is 19.3 Å². The Hall–Kier alpha value is -3.44. The normalized spacial score (nSPS) is 14.9. The second-order valence-electron chi connectivity index (χ2n) is 6.42. The highest BCUT2D eigenvalue weighted by Crippen LogP contribution is 2.33. The zero-order valence-electron chi connectivity index (χ0n) is 16.0. The Balaban J connectivity index is 1.65. The number of hydrogen-bond donors (Lipinski definition) is 1. The molecule has 0 spiro atoms. The summed E-state index contributed by atoms with van der Waals surface area (Å²) in [6.07, 6.45) is 2.83. The molecule has 160 valence electrons. The van der Waals surface area contributed by atoms with E-state index in [0.29, 0.717) is 17.3 Å². The topological polar surface area (TPSA) is 132 Å². The smallest absolute Gasteiger partial charge is 0.293 e. The van der Waals surface area contributed by atoms with E-state index in [-0.39, 0.29) is 39.8 Å². The van der Waals surface area contributed by atoms with E-state index < -0.39 is 22.0 Å². The fourth-order valence-corrected chi connectivity index (χ4v) is 3.73. The van der Waals surface area contributed by atoms with E-state index in [0.717, 1.165) is 4.90 Å². The predicted octanol–water partition coefficient (Wildman–Crippen LogP) is 2.41. The van der Waals surface area contributed by atoms with E-state index in [2.05, 4.69) is 5.32 Å². The van der Waals surface area contributed by atoms with Crippen LogP contribution in [-0.4, -0.2) is 44.5 Å². The van der Waals surface area contributed by atoms with E-state index in [4.69, 9.17) is 11.6 Å². The van der Waals surface area contributed by atoms with Gasteiger partial charge >= 0.3 is 0 Å². The van der Waals surface area contributed by atoms with Crippen LogP contribution in [0.3, 0.4) is 0 Å². The van der Waals surface area contributed by atoms with Crippen LogP contribution in [0.25, 0.3) is 6.08 Å². The third-order valence-corrected chi connectivity index (χ3v) is 5.55. The number of thioether (sulfide) groups is 1. The van der Waals surface area contributed by atoms with Crippen molar-refractivity contribution in [2.24, 2.45) is 7.05 Å². The number of carbonyl (C=O) groups is 3. The first-order chi connectivity index (χ1) is 14.7. The van der Waals surface area contributed by atoms with Crippen LogP contribution in [0.15, 0.2) is 46.2 Å². The Morgan fingerprint density at radius 1 is 1.26 bits per heavy atom. The van der Waals surface area contributed by atoms with E-state index in [1.165, 1.54) is 47.2 Å². The van der Waals surface area contributed by atoms with Gasteiger partial charge in [0.15, 0.2) is 0 Å². The standard InChI is InChI=1S/C19H15ClN4O6S/c1-22-6-4-12(10-16(22)25)17(26)21-5-7-23-18(27)15(31-19(23)28)9-11-2-3-13(20)14(8-11)24(29)30/h2-4,6,8-10H,5,7H2,1H3,(H,21,26)/b15-9+. The first-order valence-electron chi connectivity index (χ1n) is 8.81. The van der Waals surface area contributed by atoms with Crippen molar-refractivity contribution in [3.8, 4) is 0 Å². The Labute approximate surface area is 184 Å². The van der Waals surface area contributed by atoms with Gasteiger partial charge in [0, 0.05) is 44.0 Å². The average Bonchev–Trinajstić information content (AvgIpc) is 2.98. The Morgan fingerprint density at radius 3 is 2.68 bits per heavy atom. The molecule has 1 N–H and O–H groups in total. The summed E-state index contributed by atoms with van der Waals surface area (Å²) in [6.45, 7) is -0.0782. The quantitative estimate of drug-likeness (QED) is 0.396. The molecule has 3 rings (SSSR count). The molecule has 0 atom stereocenters. The number of aryl methyl sites for hydroxylation is 1. The van der Waals surface area contributed by atoms with E-state index >= 15 is 0 Å². The molecular formula is C19H15ClN4O6S. The number of aromatic nitrogens is 1. The third-order valence-electron chi connectivity index (χ3n) is 4.33. The number of carbonyl (C=O) groups excluding carboxylic acids is 3. The van der Waals surface area contributed by atoms with Gasteiger partial charge in [-0.15, -0.1) is 0 Å². The maximum Gasteiger partial charge on any atom is 0.293 e. The summed E-state index contributed by atoms with van der Waals surface area (Å²) in [4.78, 5) is 59.9. The van der Waals surface area contributed by atoms with Gasteiger partial charge in [-0.25, -0.2) is 0 Å². The minimum atomic E-state index is -0.642. The number of pyridine rings is 1. The molecule has 0 radical (unpaired) electrons. The SMILES string of the molecule is Cn1ccc(C(=O)NCCN2C(=O)S/C(=C/c3ccc(Cl)c([N+](=O)[O-])c3)C2=O)cc1=O. The van der Waals surface area contributed by atoms with Crippen LogP contribution in [0, 0.1) is 10.1 Å². The number of halogens is 1. The van der Waals surface area contributed by atoms with Gasteiger partial charge in [-0.3, -0.25) is 34.2 Å². The molecule has 0 unspecified atom stereocenters. The van der Waals surface area contributed by atoms with Crippen molar-refractivity contribution in [3.05, 3.63) is 78.1 Å². The molecule has 31 heavy (non-hydrogen) atoms. The van der Waals surface area contributed by atoms with E-state index in [9.17, 15) is 29.3 Å². The highest BCUT2D eigenvalue weighted by Gasteiger charge is 2.34. The molecule has 1 aliphatic rings. The second-order valence-corrected chi connectivity index (χ2v) is 7.82. The molecule has 0 bridgehead atoms. The molecule has 1 aromatic heterocycles. The van der Waals surface area contributed by atoms with Crippen LogP contribution in [0.2, 0.25) is 5.02 Å².